The van der Waals surface area contributed by atoms with E-state index < -0.39 is 0 Å². The molecule has 0 radical (unpaired) electrons. The Hall–Kier alpha value is -8.20. The van der Waals surface area contributed by atoms with Crippen LogP contribution < -0.4 is 0 Å². The molecule has 0 saturated carbocycles. The molecule has 1 aliphatic carbocycles. The van der Waals surface area contributed by atoms with E-state index in [2.05, 4.69) is 241 Å². The summed E-state index contributed by atoms with van der Waals surface area (Å²) in [6.07, 6.45) is 0. The van der Waals surface area contributed by atoms with E-state index in [-0.39, 0.29) is 5.41 Å². The van der Waals surface area contributed by atoms with E-state index in [1.165, 1.54) is 126 Å². The summed E-state index contributed by atoms with van der Waals surface area (Å²) in [4.78, 5) is 0. The first kappa shape index (κ1) is 36.3. The van der Waals surface area contributed by atoms with Gasteiger partial charge in [0, 0.05) is 43.7 Å². The van der Waals surface area contributed by atoms with Crippen LogP contribution in [0.3, 0.4) is 0 Å². The summed E-state index contributed by atoms with van der Waals surface area (Å²) in [5, 5.41) is 12.9. The van der Waals surface area contributed by atoms with E-state index in [0.717, 1.165) is 5.69 Å². The van der Waals surface area contributed by atoms with Crippen LogP contribution in [0, 0.1) is 0 Å². The number of para-hydroxylation sites is 2. The van der Waals surface area contributed by atoms with Gasteiger partial charge in [-0.25, -0.2) is 0 Å². The van der Waals surface area contributed by atoms with Crippen molar-refractivity contribution in [1.29, 1.82) is 0 Å². The van der Waals surface area contributed by atoms with Gasteiger partial charge in [-0.2, -0.15) is 0 Å². The normalized spacial score (nSPS) is 13.2. The van der Waals surface area contributed by atoms with E-state index in [1.807, 2.05) is 0 Å². The van der Waals surface area contributed by atoms with Gasteiger partial charge in [0.2, 0.25) is 0 Å². The minimum Gasteiger partial charge on any atom is -0.309 e. The minimum absolute atomic E-state index is 0.116. The zero-order valence-corrected chi connectivity index (χ0v) is 36.2. The second kappa shape index (κ2) is 13.4. The fourth-order valence-corrected chi connectivity index (χ4v) is 11.6. The van der Waals surface area contributed by atoms with Gasteiger partial charge < -0.3 is 9.13 Å². The highest BCUT2D eigenvalue weighted by Crippen LogP contribution is 2.52. The van der Waals surface area contributed by atoms with Crippen molar-refractivity contribution in [2.24, 2.45) is 0 Å². The summed E-state index contributed by atoms with van der Waals surface area (Å²) in [6, 6.07) is 81.2. The average Bonchev–Trinajstić information content (AvgIpc) is 3.96. The molecule has 0 unspecified atom stereocenters. The van der Waals surface area contributed by atoms with Crippen LogP contribution in [-0.2, 0) is 5.41 Å². The molecule has 65 heavy (non-hydrogen) atoms. The van der Waals surface area contributed by atoms with Crippen molar-refractivity contribution in [1.82, 2.24) is 9.13 Å². The van der Waals surface area contributed by atoms with Crippen molar-refractivity contribution >= 4 is 75.9 Å². The number of benzene rings is 11. The molecule has 11 aromatic carbocycles. The van der Waals surface area contributed by atoms with Crippen molar-refractivity contribution in [3.63, 3.8) is 0 Å². The van der Waals surface area contributed by atoms with Crippen LogP contribution in [0.15, 0.2) is 218 Å². The number of hydrogen-bond acceptors (Lipinski definition) is 0. The molecule has 2 heterocycles. The van der Waals surface area contributed by atoms with Gasteiger partial charge in [-0.05, 0) is 132 Å². The Morgan fingerprint density at radius 3 is 1.52 bits per heavy atom. The van der Waals surface area contributed by atoms with Gasteiger partial charge in [0.15, 0.2) is 0 Å². The first-order chi connectivity index (χ1) is 32.0. The van der Waals surface area contributed by atoms with Crippen LogP contribution in [-0.4, -0.2) is 9.13 Å². The summed E-state index contributed by atoms with van der Waals surface area (Å²) >= 11 is 0. The third-order valence-electron chi connectivity index (χ3n) is 14.7. The molecule has 0 spiro atoms. The summed E-state index contributed by atoms with van der Waals surface area (Å²) in [6.45, 7) is 4.77. The summed E-state index contributed by atoms with van der Waals surface area (Å²) in [5.74, 6) is 0. The highest BCUT2D eigenvalue weighted by atomic mass is 15.0. The third kappa shape index (κ3) is 5.11. The predicted molar refractivity (Wildman–Crippen MR) is 276 cm³/mol. The summed E-state index contributed by atoms with van der Waals surface area (Å²) < 4.78 is 4.89. The molecule has 0 atom stereocenters. The summed E-state index contributed by atoms with van der Waals surface area (Å²) in [5.41, 5.74) is 17.4. The van der Waals surface area contributed by atoms with Gasteiger partial charge in [-0.1, -0.05) is 172 Å². The third-order valence-corrected chi connectivity index (χ3v) is 14.7. The Balaban J connectivity index is 0.912. The molecule has 0 aliphatic heterocycles. The molecule has 0 saturated heterocycles. The fourth-order valence-electron chi connectivity index (χ4n) is 11.6. The first-order valence-corrected chi connectivity index (χ1v) is 22.8. The fraction of sp³-hybridized carbons (Fsp3) is 0.0476. The standard InChI is InChI=1S/C63H42N2/c1-63(2)55-22-12-10-19-48(55)52-37-54-60(38-56(52)63)65(59-35-33-51-47-18-7-6-16-45(47)46-17-8-9-21-50(46)61(51)62(54)59)44-31-28-40(29-32-44)39-24-26-41(27-25-39)42-30-34-58-53(36-42)49-20-11-13-23-57(49)64(58)43-14-4-3-5-15-43/h3-38H,1-2H3. The molecule has 2 aromatic heterocycles. The Kier molecular flexibility index (Phi) is 7.49. The van der Waals surface area contributed by atoms with Gasteiger partial charge in [-0.15, -0.1) is 0 Å². The first-order valence-electron chi connectivity index (χ1n) is 22.8. The van der Waals surface area contributed by atoms with Gasteiger partial charge >= 0.3 is 0 Å². The maximum atomic E-state index is 2.52. The van der Waals surface area contributed by atoms with Crippen molar-refractivity contribution in [2.75, 3.05) is 0 Å². The van der Waals surface area contributed by atoms with Crippen molar-refractivity contribution < 1.29 is 0 Å². The van der Waals surface area contributed by atoms with E-state index in [4.69, 9.17) is 0 Å². The largest absolute Gasteiger partial charge is 0.309 e. The van der Waals surface area contributed by atoms with Gasteiger partial charge in [0.25, 0.3) is 0 Å². The molecule has 2 nitrogen and oxygen atoms in total. The molecule has 13 aromatic rings. The van der Waals surface area contributed by atoms with E-state index in [1.54, 1.807) is 0 Å². The van der Waals surface area contributed by atoms with E-state index in [0.29, 0.717) is 0 Å². The summed E-state index contributed by atoms with van der Waals surface area (Å²) in [7, 11) is 0. The van der Waals surface area contributed by atoms with Gasteiger partial charge in [-0.3, -0.25) is 0 Å². The molecule has 0 fully saturated rings. The number of rotatable bonds is 4. The number of nitrogens with zero attached hydrogens (tertiary/aromatic N) is 2. The lowest BCUT2D eigenvalue weighted by Gasteiger charge is -2.21. The van der Waals surface area contributed by atoms with Crippen LogP contribution in [0.1, 0.15) is 25.0 Å². The van der Waals surface area contributed by atoms with Crippen LogP contribution in [0.25, 0.3) is 121 Å². The average molecular weight is 827 g/mol. The van der Waals surface area contributed by atoms with Crippen LogP contribution in [0.5, 0.6) is 0 Å². The van der Waals surface area contributed by atoms with Gasteiger partial charge in [0.05, 0.1) is 22.1 Å². The smallest absolute Gasteiger partial charge is 0.0547 e. The predicted octanol–water partition coefficient (Wildman–Crippen LogP) is 17.0. The molecule has 0 N–H and O–H groups in total. The van der Waals surface area contributed by atoms with Gasteiger partial charge in [0.1, 0.15) is 0 Å². The van der Waals surface area contributed by atoms with E-state index >= 15 is 0 Å². The Bertz CT molecular complexity index is 4070. The lowest BCUT2D eigenvalue weighted by atomic mass is 9.82. The van der Waals surface area contributed by atoms with Crippen molar-refractivity contribution in [2.45, 2.75) is 19.3 Å². The monoisotopic (exact) mass is 826 g/mol. The maximum Gasteiger partial charge on any atom is 0.0547 e. The Labute approximate surface area is 376 Å². The topological polar surface area (TPSA) is 9.86 Å². The molecule has 304 valence electrons. The lowest BCUT2D eigenvalue weighted by Crippen LogP contribution is -2.14. The zero-order chi connectivity index (χ0) is 43.0. The van der Waals surface area contributed by atoms with E-state index in [9.17, 15) is 0 Å². The second-order valence-corrected chi connectivity index (χ2v) is 18.4. The van der Waals surface area contributed by atoms with Crippen LogP contribution in [0.2, 0.25) is 0 Å². The quantitative estimate of drug-likeness (QED) is 0.156. The molecular weight excluding hydrogens is 785 g/mol. The van der Waals surface area contributed by atoms with Crippen LogP contribution >= 0.6 is 0 Å². The molecule has 0 amide bonds. The minimum atomic E-state index is -0.116. The molecular formula is C63H42N2. The maximum absolute atomic E-state index is 2.52. The number of fused-ring (bicyclic) bond motifs is 16. The SMILES string of the molecule is CC1(C)c2ccccc2-c2cc3c4c5c6ccccc6c6ccccc6c5ccc4n(-c4ccc(-c5ccc(-c6ccc7c(c6)c6ccccc6n7-c6ccccc6)cc5)cc4)c3cc21. The highest BCUT2D eigenvalue weighted by molar-refractivity contribution is 6.35. The van der Waals surface area contributed by atoms with Crippen LogP contribution in [0.4, 0.5) is 0 Å². The number of hydrogen-bond donors (Lipinski definition) is 0. The van der Waals surface area contributed by atoms with Crippen molar-refractivity contribution in [3.05, 3.63) is 230 Å². The molecule has 1 aliphatic rings. The Morgan fingerprint density at radius 2 is 0.785 bits per heavy atom. The lowest BCUT2D eigenvalue weighted by molar-refractivity contribution is 0.661. The Morgan fingerprint density at radius 1 is 0.277 bits per heavy atom. The molecule has 14 rings (SSSR count). The van der Waals surface area contributed by atoms with Crippen molar-refractivity contribution in [3.8, 4) is 44.8 Å². The highest BCUT2D eigenvalue weighted by Gasteiger charge is 2.36. The molecule has 2 heteroatoms. The zero-order valence-electron chi connectivity index (χ0n) is 36.2. The number of aromatic nitrogens is 2. The molecule has 0 bridgehead atoms. The second-order valence-electron chi connectivity index (χ2n) is 18.4.